The van der Waals surface area contributed by atoms with Crippen LogP contribution in [-0.4, -0.2) is 30.1 Å². The lowest BCUT2D eigenvalue weighted by Gasteiger charge is -2.33. The van der Waals surface area contributed by atoms with Crippen LogP contribution >= 0.6 is 0 Å². The highest BCUT2D eigenvalue weighted by Crippen LogP contribution is 2.32. The highest BCUT2D eigenvalue weighted by molar-refractivity contribution is 5.84. The number of hydrogen-bond donors (Lipinski definition) is 0. The Morgan fingerprint density at radius 1 is 1.28 bits per heavy atom. The van der Waals surface area contributed by atoms with Crippen LogP contribution in [0.1, 0.15) is 27.2 Å². The molecule has 0 saturated carbocycles. The largest absolute Gasteiger partial charge is 0.454 e. The third-order valence-corrected chi connectivity index (χ3v) is 3.68. The number of carbonyl (C=O) groups is 1. The minimum atomic E-state index is -0.210. The Bertz CT molecular complexity index is 416. The van der Waals surface area contributed by atoms with E-state index in [0.29, 0.717) is 0 Å². The first kappa shape index (κ1) is 12.9. The molecule has 2 atom stereocenters. The van der Waals surface area contributed by atoms with Crippen molar-refractivity contribution in [3.63, 3.8) is 0 Å². The van der Waals surface area contributed by atoms with Gasteiger partial charge in [-0.15, -0.1) is 0 Å². The molecule has 1 heterocycles. The summed E-state index contributed by atoms with van der Waals surface area (Å²) >= 11 is 0. The van der Waals surface area contributed by atoms with Crippen LogP contribution in [0.3, 0.4) is 0 Å². The monoisotopic (exact) mass is 247 g/mol. The quantitative estimate of drug-likeness (QED) is 0.715. The average Bonchev–Trinajstić information content (AvgIpc) is 2.38. The van der Waals surface area contributed by atoms with Gasteiger partial charge in [0.2, 0.25) is 0 Å². The number of nitrogens with zero attached hydrogens (tertiary/aromatic N) is 1. The summed E-state index contributed by atoms with van der Waals surface area (Å²) in [4.78, 5) is 13.8. The van der Waals surface area contributed by atoms with E-state index in [-0.39, 0.29) is 18.0 Å². The Labute approximate surface area is 109 Å². The van der Waals surface area contributed by atoms with Crippen LogP contribution in [0.25, 0.3) is 0 Å². The van der Waals surface area contributed by atoms with Gasteiger partial charge in [0.15, 0.2) is 0 Å². The molecule has 3 nitrogen and oxygen atoms in total. The Hall–Kier alpha value is -1.51. The maximum atomic E-state index is 11.5. The third-order valence-electron chi connectivity index (χ3n) is 3.68. The standard InChI is InChI=1S/C15H21NO2/c1-4-11-9-15(17)18-14-10-12(7-8-13(11)14)16(5-2)6-3/h7-10,13-14H,4-6H2,1-3H3. The summed E-state index contributed by atoms with van der Waals surface area (Å²) in [6.07, 6.45) is 8.81. The van der Waals surface area contributed by atoms with Gasteiger partial charge >= 0.3 is 5.97 Å². The van der Waals surface area contributed by atoms with Crippen molar-refractivity contribution in [1.29, 1.82) is 0 Å². The molecule has 18 heavy (non-hydrogen) atoms. The molecule has 0 aromatic heterocycles. The third kappa shape index (κ3) is 2.35. The minimum absolute atomic E-state index is 0.127. The lowest BCUT2D eigenvalue weighted by atomic mass is 9.85. The second-order valence-corrected chi connectivity index (χ2v) is 4.62. The maximum Gasteiger partial charge on any atom is 0.331 e. The predicted octanol–water partition coefficient (Wildman–Crippen LogP) is 2.66. The SMILES string of the molecule is CCC1=CC(=O)OC2C=C(N(CC)CC)C=CC12. The van der Waals surface area contributed by atoms with Gasteiger partial charge in [-0.05, 0) is 32.4 Å². The molecule has 98 valence electrons. The van der Waals surface area contributed by atoms with E-state index in [1.165, 1.54) is 5.57 Å². The van der Waals surface area contributed by atoms with Gasteiger partial charge in [0, 0.05) is 30.8 Å². The van der Waals surface area contributed by atoms with Crippen LogP contribution < -0.4 is 0 Å². The van der Waals surface area contributed by atoms with Gasteiger partial charge in [-0.25, -0.2) is 4.79 Å². The Balaban J connectivity index is 2.24. The molecular weight excluding hydrogens is 226 g/mol. The summed E-state index contributed by atoms with van der Waals surface area (Å²) in [5.41, 5.74) is 2.33. The van der Waals surface area contributed by atoms with E-state index in [0.717, 1.165) is 25.2 Å². The molecule has 1 aliphatic heterocycles. The summed E-state index contributed by atoms with van der Waals surface area (Å²) in [6, 6.07) is 0. The molecule has 2 aliphatic rings. The van der Waals surface area contributed by atoms with Crippen LogP contribution in [-0.2, 0) is 9.53 Å². The Morgan fingerprint density at radius 2 is 2.00 bits per heavy atom. The second kappa shape index (κ2) is 5.42. The predicted molar refractivity (Wildman–Crippen MR) is 71.9 cm³/mol. The molecule has 2 rings (SSSR count). The van der Waals surface area contributed by atoms with Crippen molar-refractivity contribution < 1.29 is 9.53 Å². The van der Waals surface area contributed by atoms with Crippen molar-refractivity contribution in [2.75, 3.05) is 13.1 Å². The molecule has 0 aromatic carbocycles. The molecular formula is C15H21NO2. The van der Waals surface area contributed by atoms with Crippen molar-refractivity contribution in [2.24, 2.45) is 5.92 Å². The van der Waals surface area contributed by atoms with Gasteiger partial charge in [-0.2, -0.15) is 0 Å². The highest BCUT2D eigenvalue weighted by atomic mass is 16.5. The first-order valence-corrected chi connectivity index (χ1v) is 6.75. The van der Waals surface area contributed by atoms with Crippen molar-refractivity contribution in [1.82, 2.24) is 4.90 Å². The zero-order valence-electron chi connectivity index (χ0n) is 11.3. The van der Waals surface area contributed by atoms with Crippen molar-refractivity contribution in [3.8, 4) is 0 Å². The summed E-state index contributed by atoms with van der Waals surface area (Å²) in [5, 5.41) is 0. The van der Waals surface area contributed by atoms with Crippen molar-refractivity contribution >= 4 is 5.97 Å². The van der Waals surface area contributed by atoms with Crippen LogP contribution in [0, 0.1) is 5.92 Å². The lowest BCUT2D eigenvalue weighted by Crippen LogP contribution is -2.34. The van der Waals surface area contributed by atoms with Crippen molar-refractivity contribution in [3.05, 3.63) is 35.6 Å². The van der Waals surface area contributed by atoms with Crippen molar-refractivity contribution in [2.45, 2.75) is 33.3 Å². The number of ether oxygens (including phenoxy) is 1. The Morgan fingerprint density at radius 3 is 2.61 bits per heavy atom. The van der Waals surface area contributed by atoms with Gasteiger partial charge < -0.3 is 9.64 Å². The molecule has 0 spiro atoms. The average molecular weight is 247 g/mol. The zero-order chi connectivity index (χ0) is 13.1. The molecule has 0 radical (unpaired) electrons. The molecule has 0 saturated heterocycles. The van der Waals surface area contributed by atoms with E-state index in [9.17, 15) is 4.79 Å². The number of likely N-dealkylation sites (N-methyl/N-ethyl adjacent to an activating group) is 1. The van der Waals surface area contributed by atoms with E-state index in [4.69, 9.17) is 4.74 Å². The highest BCUT2D eigenvalue weighted by Gasteiger charge is 2.31. The molecule has 0 amide bonds. The van der Waals surface area contributed by atoms with E-state index < -0.39 is 0 Å². The maximum absolute atomic E-state index is 11.5. The van der Waals surface area contributed by atoms with Crippen LogP contribution in [0.2, 0.25) is 0 Å². The normalized spacial score (nSPS) is 26.1. The number of carbonyl (C=O) groups excluding carboxylic acids is 1. The molecule has 1 aliphatic carbocycles. The zero-order valence-corrected chi connectivity index (χ0v) is 11.3. The first-order valence-electron chi connectivity index (χ1n) is 6.75. The number of esters is 1. The van der Waals surface area contributed by atoms with E-state index in [1.807, 2.05) is 0 Å². The number of allylic oxidation sites excluding steroid dienone is 1. The molecule has 0 bridgehead atoms. The van der Waals surface area contributed by atoms with Crippen LogP contribution in [0.5, 0.6) is 0 Å². The molecule has 0 fully saturated rings. The summed E-state index contributed by atoms with van der Waals surface area (Å²) in [5.74, 6) is 0.0190. The number of fused-ring (bicyclic) bond motifs is 1. The van der Waals surface area contributed by atoms with Gasteiger partial charge in [-0.3, -0.25) is 0 Å². The Kier molecular flexibility index (Phi) is 3.90. The number of rotatable bonds is 4. The van der Waals surface area contributed by atoms with E-state index in [1.54, 1.807) is 6.08 Å². The lowest BCUT2D eigenvalue weighted by molar-refractivity contribution is -0.143. The van der Waals surface area contributed by atoms with Gasteiger partial charge in [-0.1, -0.05) is 18.6 Å². The molecule has 2 unspecified atom stereocenters. The van der Waals surface area contributed by atoms with Gasteiger partial charge in [0.1, 0.15) is 6.10 Å². The van der Waals surface area contributed by atoms with Gasteiger partial charge in [0.25, 0.3) is 0 Å². The van der Waals surface area contributed by atoms with Crippen LogP contribution in [0.4, 0.5) is 0 Å². The van der Waals surface area contributed by atoms with E-state index in [2.05, 4.69) is 43.9 Å². The summed E-state index contributed by atoms with van der Waals surface area (Å²) in [6.45, 7) is 8.28. The molecule has 0 aromatic rings. The number of hydrogen-bond acceptors (Lipinski definition) is 3. The molecule has 0 N–H and O–H groups in total. The fraction of sp³-hybridized carbons (Fsp3) is 0.533. The fourth-order valence-electron chi connectivity index (χ4n) is 2.63. The van der Waals surface area contributed by atoms with Gasteiger partial charge in [0.05, 0.1) is 0 Å². The molecule has 3 heteroatoms. The summed E-state index contributed by atoms with van der Waals surface area (Å²) < 4.78 is 5.42. The topological polar surface area (TPSA) is 29.5 Å². The van der Waals surface area contributed by atoms with E-state index >= 15 is 0 Å². The smallest absolute Gasteiger partial charge is 0.331 e. The first-order chi connectivity index (χ1) is 8.69. The second-order valence-electron chi connectivity index (χ2n) is 4.62. The fourth-order valence-corrected chi connectivity index (χ4v) is 2.63. The summed E-state index contributed by atoms with van der Waals surface area (Å²) in [7, 11) is 0. The van der Waals surface area contributed by atoms with Crippen LogP contribution in [0.15, 0.2) is 35.6 Å². The minimum Gasteiger partial charge on any atom is -0.454 e.